The van der Waals surface area contributed by atoms with Crippen LogP contribution in [0, 0.1) is 0 Å². The van der Waals surface area contributed by atoms with E-state index in [0.29, 0.717) is 10.7 Å². The summed E-state index contributed by atoms with van der Waals surface area (Å²) in [5, 5.41) is 1.48. The summed E-state index contributed by atoms with van der Waals surface area (Å²) >= 11 is 5.88. The van der Waals surface area contributed by atoms with Crippen LogP contribution in [0.15, 0.2) is 29.3 Å². The summed E-state index contributed by atoms with van der Waals surface area (Å²) in [6, 6.07) is 7.09. The summed E-state index contributed by atoms with van der Waals surface area (Å²) < 4.78 is 1.72. The molecule has 17 heavy (non-hydrogen) atoms. The summed E-state index contributed by atoms with van der Waals surface area (Å²) in [6.45, 7) is 0. The second kappa shape index (κ2) is 4.10. The fourth-order valence-corrected chi connectivity index (χ4v) is 1.88. The molecular formula is C11H11ClN4O. The number of rotatable bonds is 1. The van der Waals surface area contributed by atoms with Gasteiger partial charge in [0.25, 0.3) is 5.91 Å². The van der Waals surface area contributed by atoms with Crippen molar-refractivity contribution < 1.29 is 4.79 Å². The second-order valence-corrected chi connectivity index (χ2v) is 4.07. The van der Waals surface area contributed by atoms with E-state index in [-0.39, 0.29) is 5.96 Å². The van der Waals surface area contributed by atoms with E-state index in [0.717, 1.165) is 10.9 Å². The third kappa shape index (κ3) is 2.09. The molecule has 0 atom stereocenters. The molecule has 2 aromatic rings. The molecule has 0 aliphatic carbocycles. The largest absolute Gasteiger partial charge is 0.370 e. The van der Waals surface area contributed by atoms with E-state index in [9.17, 15) is 4.79 Å². The first kappa shape index (κ1) is 11.5. The predicted octanol–water partition coefficient (Wildman–Crippen LogP) is 1.25. The molecule has 1 heterocycles. The number of aromatic nitrogens is 1. The van der Waals surface area contributed by atoms with Crippen molar-refractivity contribution in [2.24, 2.45) is 23.5 Å². The highest BCUT2D eigenvalue weighted by Gasteiger charge is 2.12. The molecule has 0 aliphatic rings. The maximum Gasteiger partial charge on any atom is 0.296 e. The summed E-state index contributed by atoms with van der Waals surface area (Å²) in [4.78, 5) is 15.2. The number of fused-ring (bicyclic) bond motifs is 1. The lowest BCUT2D eigenvalue weighted by molar-refractivity contribution is 0.0995. The van der Waals surface area contributed by atoms with Gasteiger partial charge in [0.1, 0.15) is 5.69 Å². The van der Waals surface area contributed by atoms with Crippen molar-refractivity contribution in [1.29, 1.82) is 0 Å². The number of benzene rings is 1. The number of nitrogens with two attached hydrogens (primary N) is 2. The minimum atomic E-state index is -0.472. The molecular weight excluding hydrogens is 240 g/mol. The molecule has 0 aliphatic heterocycles. The Morgan fingerprint density at radius 2 is 2.06 bits per heavy atom. The zero-order valence-corrected chi connectivity index (χ0v) is 9.90. The third-order valence-electron chi connectivity index (χ3n) is 2.45. The van der Waals surface area contributed by atoms with Crippen LogP contribution in [-0.4, -0.2) is 16.4 Å². The van der Waals surface area contributed by atoms with Crippen LogP contribution in [0.3, 0.4) is 0 Å². The van der Waals surface area contributed by atoms with Crippen LogP contribution in [0.25, 0.3) is 10.9 Å². The van der Waals surface area contributed by atoms with Crippen LogP contribution in [0.1, 0.15) is 10.5 Å². The molecule has 6 heteroatoms. The minimum Gasteiger partial charge on any atom is -0.370 e. The van der Waals surface area contributed by atoms with Crippen LogP contribution in [0.2, 0.25) is 5.02 Å². The normalized spacial score (nSPS) is 10.5. The van der Waals surface area contributed by atoms with Crippen molar-refractivity contribution in [3.63, 3.8) is 0 Å². The van der Waals surface area contributed by atoms with Gasteiger partial charge in [0, 0.05) is 23.0 Å². The summed E-state index contributed by atoms with van der Waals surface area (Å²) in [6.07, 6.45) is 0. The Morgan fingerprint density at radius 3 is 2.71 bits per heavy atom. The number of amides is 1. The van der Waals surface area contributed by atoms with Crippen LogP contribution in [0.4, 0.5) is 0 Å². The molecule has 0 bridgehead atoms. The lowest BCUT2D eigenvalue weighted by Crippen LogP contribution is -2.24. The average Bonchev–Trinajstić information content (AvgIpc) is 2.54. The Morgan fingerprint density at radius 1 is 1.35 bits per heavy atom. The van der Waals surface area contributed by atoms with Gasteiger partial charge in [-0.2, -0.15) is 4.99 Å². The average molecular weight is 251 g/mol. The van der Waals surface area contributed by atoms with Crippen LogP contribution >= 0.6 is 11.6 Å². The highest BCUT2D eigenvalue weighted by molar-refractivity contribution is 6.31. The molecule has 88 valence electrons. The molecule has 5 nitrogen and oxygen atoms in total. The van der Waals surface area contributed by atoms with E-state index in [1.54, 1.807) is 29.8 Å². The van der Waals surface area contributed by atoms with E-state index in [2.05, 4.69) is 4.99 Å². The molecule has 1 aromatic carbocycles. The molecule has 2 rings (SSSR count). The molecule has 0 fully saturated rings. The molecule has 0 saturated carbocycles. The van der Waals surface area contributed by atoms with Gasteiger partial charge in [-0.25, -0.2) is 0 Å². The number of hydrogen-bond donors (Lipinski definition) is 2. The molecule has 4 N–H and O–H groups in total. The van der Waals surface area contributed by atoms with Gasteiger partial charge >= 0.3 is 0 Å². The first-order valence-electron chi connectivity index (χ1n) is 4.88. The Bertz CT molecular complexity index is 626. The Kier molecular flexibility index (Phi) is 2.77. The van der Waals surface area contributed by atoms with Crippen molar-refractivity contribution in [2.75, 3.05) is 0 Å². The van der Waals surface area contributed by atoms with Crippen molar-refractivity contribution >= 4 is 34.4 Å². The first-order valence-corrected chi connectivity index (χ1v) is 5.26. The zero-order valence-electron chi connectivity index (χ0n) is 9.14. The van der Waals surface area contributed by atoms with E-state index in [1.807, 2.05) is 6.07 Å². The fourth-order valence-electron chi connectivity index (χ4n) is 1.70. The van der Waals surface area contributed by atoms with Gasteiger partial charge in [0.15, 0.2) is 5.96 Å². The van der Waals surface area contributed by atoms with E-state index >= 15 is 0 Å². The number of guanidine groups is 1. The van der Waals surface area contributed by atoms with Gasteiger partial charge in [0.2, 0.25) is 0 Å². The van der Waals surface area contributed by atoms with Gasteiger partial charge in [-0.05, 0) is 24.3 Å². The second-order valence-electron chi connectivity index (χ2n) is 3.63. The summed E-state index contributed by atoms with van der Waals surface area (Å²) in [5.41, 5.74) is 11.7. The topological polar surface area (TPSA) is 86.4 Å². The molecule has 0 spiro atoms. The maximum absolute atomic E-state index is 11.7. The summed E-state index contributed by atoms with van der Waals surface area (Å²) in [7, 11) is 1.77. The zero-order chi connectivity index (χ0) is 12.6. The fraction of sp³-hybridized carbons (Fsp3) is 0.0909. The van der Waals surface area contributed by atoms with Gasteiger partial charge in [-0.15, -0.1) is 0 Å². The van der Waals surface area contributed by atoms with Gasteiger partial charge in [-0.3, -0.25) is 4.79 Å². The highest BCUT2D eigenvalue weighted by Crippen LogP contribution is 2.22. The molecule has 1 aromatic heterocycles. The van der Waals surface area contributed by atoms with Crippen LogP contribution in [-0.2, 0) is 7.05 Å². The molecule has 0 radical (unpaired) electrons. The van der Waals surface area contributed by atoms with Crippen LogP contribution < -0.4 is 11.5 Å². The predicted molar refractivity (Wildman–Crippen MR) is 68.1 cm³/mol. The van der Waals surface area contributed by atoms with Gasteiger partial charge in [-0.1, -0.05) is 11.6 Å². The number of hydrogen-bond acceptors (Lipinski definition) is 1. The monoisotopic (exact) mass is 250 g/mol. The number of nitrogens with zero attached hydrogens (tertiary/aromatic N) is 2. The number of carbonyl (C=O) groups is 1. The number of halogens is 1. The smallest absolute Gasteiger partial charge is 0.296 e. The van der Waals surface area contributed by atoms with Crippen molar-refractivity contribution in [3.8, 4) is 0 Å². The van der Waals surface area contributed by atoms with Gasteiger partial charge in [0.05, 0.1) is 0 Å². The van der Waals surface area contributed by atoms with Crippen molar-refractivity contribution in [2.45, 2.75) is 0 Å². The number of carbonyl (C=O) groups excluding carboxylic acids is 1. The Balaban J connectivity index is 2.60. The molecule has 0 unspecified atom stereocenters. The van der Waals surface area contributed by atoms with Crippen molar-refractivity contribution in [3.05, 3.63) is 35.0 Å². The Labute approximate surface area is 103 Å². The van der Waals surface area contributed by atoms with E-state index < -0.39 is 5.91 Å². The standard InChI is InChI=1S/C11H11ClN4O/c1-16-8-3-2-7(12)4-6(8)5-9(16)10(17)15-11(13)14/h2-5H,1H3,(H4,13,14,15,17). The number of aryl methyl sites for hydroxylation is 1. The number of aliphatic imine (C=N–C) groups is 1. The third-order valence-corrected chi connectivity index (χ3v) is 2.69. The quantitative estimate of drug-likeness (QED) is 0.590. The lowest BCUT2D eigenvalue weighted by atomic mass is 10.2. The van der Waals surface area contributed by atoms with E-state index in [4.69, 9.17) is 23.1 Å². The van der Waals surface area contributed by atoms with E-state index in [1.165, 1.54) is 0 Å². The molecule has 0 saturated heterocycles. The van der Waals surface area contributed by atoms with Crippen LogP contribution in [0.5, 0.6) is 0 Å². The van der Waals surface area contributed by atoms with Gasteiger partial charge < -0.3 is 16.0 Å². The molecule has 1 amide bonds. The van der Waals surface area contributed by atoms with Crippen molar-refractivity contribution in [1.82, 2.24) is 4.57 Å². The highest BCUT2D eigenvalue weighted by atomic mass is 35.5. The lowest BCUT2D eigenvalue weighted by Gasteiger charge is -2.00. The Hall–Kier alpha value is -2.01. The summed E-state index contributed by atoms with van der Waals surface area (Å²) in [5.74, 6) is -0.724. The first-order chi connectivity index (χ1) is 7.99. The minimum absolute atomic E-state index is 0.252. The maximum atomic E-state index is 11.7. The SMILES string of the molecule is Cn1c(C(=O)N=C(N)N)cc2cc(Cl)ccc21.